The summed E-state index contributed by atoms with van der Waals surface area (Å²) in [5, 5.41) is 0. The van der Waals surface area contributed by atoms with Crippen molar-refractivity contribution in [1.82, 2.24) is 0 Å². The van der Waals surface area contributed by atoms with Crippen LogP contribution < -0.4 is 0 Å². The van der Waals surface area contributed by atoms with Crippen LogP contribution in [0.4, 0.5) is 0 Å². The molecule has 0 bridgehead atoms. The van der Waals surface area contributed by atoms with Crippen LogP contribution in [-0.2, 0) is 6.42 Å². The maximum absolute atomic E-state index is 4.17. The Labute approximate surface area is 115 Å². The molecule has 3 rings (SSSR count). The molecule has 0 nitrogen and oxygen atoms in total. The Bertz CT molecular complexity index is 632. The molecular formula is C19H18. The first-order valence-corrected chi connectivity index (χ1v) is 6.76. The summed E-state index contributed by atoms with van der Waals surface area (Å²) in [6, 6.07) is 19.3. The van der Waals surface area contributed by atoms with Crippen LogP contribution in [0, 0.1) is 5.92 Å². The molecule has 2 aromatic rings. The van der Waals surface area contributed by atoms with E-state index in [1.54, 1.807) is 0 Å². The summed E-state index contributed by atoms with van der Waals surface area (Å²) in [7, 11) is 0. The van der Waals surface area contributed by atoms with Gasteiger partial charge >= 0.3 is 0 Å². The van der Waals surface area contributed by atoms with Crippen molar-refractivity contribution in [1.29, 1.82) is 0 Å². The van der Waals surface area contributed by atoms with E-state index >= 15 is 0 Å². The number of fused-ring (bicyclic) bond motifs is 1. The lowest BCUT2D eigenvalue weighted by Gasteiger charge is -2.12. The van der Waals surface area contributed by atoms with Crippen molar-refractivity contribution in [3.8, 4) is 0 Å². The van der Waals surface area contributed by atoms with Gasteiger partial charge in [0, 0.05) is 5.92 Å². The Morgan fingerprint density at radius 3 is 2.47 bits per heavy atom. The molecular weight excluding hydrogens is 228 g/mol. The van der Waals surface area contributed by atoms with Crippen molar-refractivity contribution in [2.75, 3.05) is 0 Å². The van der Waals surface area contributed by atoms with E-state index in [9.17, 15) is 0 Å². The lowest BCUT2D eigenvalue weighted by atomic mass is 9.92. The zero-order valence-electron chi connectivity index (χ0n) is 11.3. The molecule has 1 atom stereocenters. The van der Waals surface area contributed by atoms with Crippen LogP contribution in [0.15, 0.2) is 66.7 Å². The molecule has 94 valence electrons. The van der Waals surface area contributed by atoms with Crippen molar-refractivity contribution < 1.29 is 0 Å². The van der Waals surface area contributed by atoms with Gasteiger partial charge in [-0.1, -0.05) is 72.8 Å². The summed E-state index contributed by atoms with van der Waals surface area (Å²) in [5.74, 6) is 0.456. The lowest BCUT2D eigenvalue weighted by molar-refractivity contribution is 0.816. The number of hydrogen-bond acceptors (Lipinski definition) is 0. The van der Waals surface area contributed by atoms with E-state index in [1.807, 2.05) is 0 Å². The zero-order valence-corrected chi connectivity index (χ0v) is 11.3. The summed E-state index contributed by atoms with van der Waals surface area (Å²) in [5.41, 5.74) is 6.75. The number of allylic oxidation sites excluding steroid dienone is 2. The predicted molar refractivity (Wildman–Crippen MR) is 82.8 cm³/mol. The molecule has 0 radical (unpaired) electrons. The normalized spacial score (nSPS) is 19.4. The second-order valence-electron chi connectivity index (χ2n) is 5.27. The second kappa shape index (κ2) is 4.89. The third-order valence-corrected chi connectivity index (χ3v) is 3.84. The Morgan fingerprint density at radius 1 is 1.05 bits per heavy atom. The van der Waals surface area contributed by atoms with Crippen LogP contribution in [0.2, 0.25) is 0 Å². The minimum absolute atomic E-state index is 0.456. The molecule has 0 fully saturated rings. The van der Waals surface area contributed by atoms with Crippen LogP contribution >= 0.6 is 0 Å². The van der Waals surface area contributed by atoms with Gasteiger partial charge in [0.25, 0.3) is 0 Å². The van der Waals surface area contributed by atoms with Gasteiger partial charge in [-0.2, -0.15) is 0 Å². The van der Waals surface area contributed by atoms with E-state index in [4.69, 9.17) is 0 Å². The van der Waals surface area contributed by atoms with Gasteiger partial charge in [0.2, 0.25) is 0 Å². The summed E-state index contributed by atoms with van der Waals surface area (Å²) in [6.45, 7) is 6.31. The first-order valence-electron chi connectivity index (χ1n) is 6.76. The molecule has 0 saturated heterocycles. The van der Waals surface area contributed by atoms with Gasteiger partial charge < -0.3 is 0 Å². The SMILES string of the molecule is C=C(C)C1Cc2ccccc2/C1=C\c1ccccc1. The third-order valence-electron chi connectivity index (χ3n) is 3.84. The summed E-state index contributed by atoms with van der Waals surface area (Å²) in [6.07, 6.45) is 3.40. The highest BCUT2D eigenvalue weighted by Gasteiger charge is 2.26. The molecule has 0 aromatic heterocycles. The van der Waals surface area contributed by atoms with E-state index in [-0.39, 0.29) is 0 Å². The van der Waals surface area contributed by atoms with Gasteiger partial charge in [-0.25, -0.2) is 0 Å². The van der Waals surface area contributed by atoms with Crippen molar-refractivity contribution in [3.63, 3.8) is 0 Å². The number of rotatable bonds is 2. The molecule has 0 N–H and O–H groups in total. The number of hydrogen-bond donors (Lipinski definition) is 0. The second-order valence-corrected chi connectivity index (χ2v) is 5.27. The maximum Gasteiger partial charge on any atom is 0.00895 e. The first-order chi connectivity index (χ1) is 9.25. The Balaban J connectivity index is 2.10. The highest BCUT2D eigenvalue weighted by atomic mass is 14.3. The first kappa shape index (κ1) is 12.0. The Hall–Kier alpha value is -2.08. The van der Waals surface area contributed by atoms with E-state index in [1.165, 1.54) is 27.8 Å². The van der Waals surface area contributed by atoms with Crippen molar-refractivity contribution >= 4 is 11.6 Å². The van der Waals surface area contributed by atoms with E-state index in [2.05, 4.69) is 74.2 Å². The zero-order chi connectivity index (χ0) is 13.2. The molecule has 1 aliphatic carbocycles. The van der Waals surface area contributed by atoms with Crippen molar-refractivity contribution in [2.45, 2.75) is 13.3 Å². The minimum atomic E-state index is 0.456. The van der Waals surface area contributed by atoms with Crippen LogP contribution in [0.1, 0.15) is 23.6 Å². The Morgan fingerprint density at radius 2 is 1.74 bits per heavy atom. The van der Waals surface area contributed by atoms with E-state index in [0.717, 1.165) is 6.42 Å². The average molecular weight is 246 g/mol. The van der Waals surface area contributed by atoms with Gasteiger partial charge in [0.05, 0.1) is 0 Å². The van der Waals surface area contributed by atoms with Gasteiger partial charge in [0.1, 0.15) is 0 Å². The van der Waals surface area contributed by atoms with Crippen molar-refractivity contribution in [2.24, 2.45) is 5.92 Å². The monoisotopic (exact) mass is 246 g/mol. The largest absolute Gasteiger partial charge is 0.0995 e. The molecule has 0 heteroatoms. The fourth-order valence-electron chi connectivity index (χ4n) is 2.84. The highest BCUT2D eigenvalue weighted by Crippen LogP contribution is 2.41. The minimum Gasteiger partial charge on any atom is -0.0995 e. The average Bonchev–Trinajstić information content (AvgIpc) is 2.79. The van der Waals surface area contributed by atoms with Crippen LogP contribution in [0.25, 0.3) is 11.6 Å². The van der Waals surface area contributed by atoms with Crippen LogP contribution in [0.5, 0.6) is 0 Å². The summed E-state index contributed by atoms with van der Waals surface area (Å²) >= 11 is 0. The molecule has 0 saturated carbocycles. The molecule has 1 aliphatic rings. The fraction of sp³-hybridized carbons (Fsp3) is 0.158. The van der Waals surface area contributed by atoms with E-state index in [0.29, 0.717) is 5.92 Å². The smallest absolute Gasteiger partial charge is 0.00895 e. The van der Waals surface area contributed by atoms with Gasteiger partial charge in [-0.15, -0.1) is 0 Å². The summed E-state index contributed by atoms with van der Waals surface area (Å²) < 4.78 is 0. The molecule has 2 aromatic carbocycles. The standard InChI is InChI=1S/C19H18/c1-14(2)18-13-16-10-6-7-11-17(16)19(18)12-15-8-4-3-5-9-15/h3-12,18H,1,13H2,2H3/b19-12+. The maximum atomic E-state index is 4.17. The van der Waals surface area contributed by atoms with Crippen molar-refractivity contribution in [3.05, 3.63) is 83.4 Å². The quantitative estimate of drug-likeness (QED) is 0.656. The summed E-state index contributed by atoms with van der Waals surface area (Å²) in [4.78, 5) is 0. The third kappa shape index (κ3) is 2.26. The molecule has 0 spiro atoms. The molecule has 0 aliphatic heterocycles. The Kier molecular flexibility index (Phi) is 3.08. The van der Waals surface area contributed by atoms with Gasteiger partial charge in [-0.3, -0.25) is 0 Å². The number of benzene rings is 2. The topological polar surface area (TPSA) is 0 Å². The molecule has 1 unspecified atom stereocenters. The van der Waals surface area contributed by atoms with Crippen LogP contribution in [0.3, 0.4) is 0 Å². The molecule has 0 amide bonds. The van der Waals surface area contributed by atoms with Crippen LogP contribution in [-0.4, -0.2) is 0 Å². The van der Waals surface area contributed by atoms with Gasteiger partial charge in [0.15, 0.2) is 0 Å². The highest BCUT2D eigenvalue weighted by molar-refractivity contribution is 5.88. The fourth-order valence-corrected chi connectivity index (χ4v) is 2.84. The predicted octanol–water partition coefficient (Wildman–Crippen LogP) is 4.98. The lowest BCUT2D eigenvalue weighted by Crippen LogP contribution is -1.99. The van der Waals surface area contributed by atoms with E-state index < -0.39 is 0 Å². The van der Waals surface area contributed by atoms with Gasteiger partial charge in [-0.05, 0) is 35.6 Å². The molecule has 19 heavy (non-hydrogen) atoms. The molecule has 0 heterocycles.